The van der Waals surface area contributed by atoms with E-state index in [-0.39, 0.29) is 0 Å². The highest BCUT2D eigenvalue weighted by Gasteiger charge is 2.46. The van der Waals surface area contributed by atoms with Crippen LogP contribution < -0.4 is 42.6 Å². The van der Waals surface area contributed by atoms with Gasteiger partial charge in [-0.05, 0) is 12.1 Å². The summed E-state index contributed by atoms with van der Waals surface area (Å²) in [6.45, 7) is 0. The average Bonchev–Trinajstić information content (AvgIpc) is 3.18. The monoisotopic (exact) mass is 676 g/mol. The van der Waals surface area contributed by atoms with Crippen molar-refractivity contribution in [2.24, 2.45) is 14.5 Å². The molecule has 0 saturated heterocycles. The van der Waals surface area contributed by atoms with Crippen molar-refractivity contribution >= 4 is 59.0 Å². The Hall–Kier alpha value is -4.61. The molecule has 0 heterocycles. The van der Waals surface area contributed by atoms with Crippen molar-refractivity contribution in [3.8, 4) is 0 Å². The van der Waals surface area contributed by atoms with Crippen LogP contribution >= 0.6 is 21.8 Å². The number of hydrogen-bond donors (Lipinski definition) is 1. The second-order valence-electron chi connectivity index (χ2n) is 11.4. The van der Waals surface area contributed by atoms with E-state index >= 15 is 0 Å². The van der Waals surface area contributed by atoms with Gasteiger partial charge in [-0.2, -0.15) is 5.50 Å². The molecule has 0 fully saturated rings. The van der Waals surface area contributed by atoms with E-state index in [1.165, 1.54) is 0 Å². The minimum Gasteiger partial charge on any atom is -0.158 e. The van der Waals surface area contributed by atoms with Crippen LogP contribution in [-0.4, -0.2) is 0 Å². The highest BCUT2D eigenvalue weighted by Crippen LogP contribution is 2.69. The van der Waals surface area contributed by atoms with Gasteiger partial charge in [0, 0.05) is 31.8 Å². The number of nitrogens with two attached hydrogens (primary N) is 1. The maximum Gasteiger partial charge on any atom is 0.346 e. The third kappa shape index (κ3) is 6.08. The first-order valence-electron chi connectivity index (χ1n) is 16.0. The second kappa shape index (κ2) is 14.2. The maximum atomic E-state index is 8.05. The zero-order chi connectivity index (χ0) is 32.7. The first kappa shape index (κ1) is 32.0. The molecule has 7 aromatic rings. The smallest absolute Gasteiger partial charge is 0.158 e. The normalized spacial score (nSPS) is 11.9. The predicted molar refractivity (Wildman–Crippen MR) is 212 cm³/mol. The van der Waals surface area contributed by atoms with Gasteiger partial charge in [-0.1, -0.05) is 209 Å². The molecule has 0 unspecified atom stereocenters. The molecule has 6 heteroatoms. The van der Waals surface area contributed by atoms with Crippen molar-refractivity contribution in [1.82, 2.24) is 0 Å². The fourth-order valence-electron chi connectivity index (χ4n) is 6.24. The van der Waals surface area contributed by atoms with Gasteiger partial charge in [0.2, 0.25) is 0 Å². The Balaban J connectivity index is 1.72. The van der Waals surface area contributed by atoms with E-state index in [1.54, 1.807) is 0 Å². The van der Waals surface area contributed by atoms with Gasteiger partial charge in [0.25, 0.3) is 0 Å². The molecule has 2 N–H and O–H groups in total. The zero-order valence-corrected chi connectivity index (χ0v) is 29.2. The predicted octanol–water partition coefficient (Wildman–Crippen LogP) is 8.39. The summed E-state index contributed by atoms with van der Waals surface area (Å²) >= 11 is 0. The molecule has 0 aromatic heterocycles. The van der Waals surface area contributed by atoms with Gasteiger partial charge in [0.15, 0.2) is 5.30 Å². The summed E-state index contributed by atoms with van der Waals surface area (Å²) in [5.74, 6) is 0. The van der Waals surface area contributed by atoms with Crippen molar-refractivity contribution in [2.75, 3.05) is 0 Å². The lowest BCUT2D eigenvalue weighted by molar-refractivity contribution is 1.59. The van der Waals surface area contributed by atoms with Gasteiger partial charge in [0.1, 0.15) is 14.1 Å². The second-order valence-corrected chi connectivity index (χ2v) is 20.3. The summed E-state index contributed by atoms with van der Waals surface area (Å²) < 4.78 is 12.3. The van der Waals surface area contributed by atoms with Crippen molar-refractivity contribution in [2.45, 2.75) is 0 Å². The molecule has 0 radical (unpaired) electrons. The van der Waals surface area contributed by atoms with Gasteiger partial charge in [-0.15, -0.1) is 0 Å². The lowest BCUT2D eigenvalue weighted by Crippen LogP contribution is -2.29. The molecule has 0 aliphatic carbocycles. The van der Waals surface area contributed by atoms with Crippen LogP contribution in [0.5, 0.6) is 0 Å². The Labute approximate surface area is 284 Å². The van der Waals surface area contributed by atoms with Crippen molar-refractivity contribution in [3.63, 3.8) is 0 Å². The molecule has 0 saturated carbocycles. The largest absolute Gasteiger partial charge is 0.346 e. The minimum atomic E-state index is -3.21. The SMILES string of the molecule is N[P+](N=P(c1ccccc1)(c1ccccc1)c1ccccc1)(N=P(c1ccccc1)(c1ccccc1)c1ccccc1)c1ccccc1. The summed E-state index contributed by atoms with van der Waals surface area (Å²) in [7, 11) is -8.66. The zero-order valence-electron chi connectivity index (χ0n) is 26.5. The van der Waals surface area contributed by atoms with Gasteiger partial charge in [-0.3, -0.25) is 0 Å². The molecule has 234 valence electrons. The fourth-order valence-corrected chi connectivity index (χ4v) is 19.3. The van der Waals surface area contributed by atoms with Crippen LogP contribution in [-0.2, 0) is 0 Å². The molecule has 0 aliphatic heterocycles. The molecule has 7 rings (SSSR count). The van der Waals surface area contributed by atoms with Crippen LogP contribution in [0.4, 0.5) is 0 Å². The summed E-state index contributed by atoms with van der Waals surface area (Å²) in [6, 6.07) is 74.6. The summed E-state index contributed by atoms with van der Waals surface area (Å²) in [5.41, 5.74) is 8.05. The van der Waals surface area contributed by atoms with Crippen LogP contribution in [0.1, 0.15) is 0 Å². The Morgan fingerprint density at radius 1 is 0.292 bits per heavy atom. The Bertz CT molecular complexity index is 1830. The molecule has 0 atom stereocenters. The standard InChI is InChI=1S/C42H37N3P3/c43-48(42-34-20-7-21-35-42,44-46(36-22-8-1-9-23-36,37-24-10-2-11-25-37)38-26-12-3-13-27-38)45-47(39-28-14-4-15-29-39,40-30-16-5-17-31-40)41-32-18-6-19-33-41/h1-35H,43H2/q+1. The molecule has 3 nitrogen and oxygen atoms in total. The van der Waals surface area contributed by atoms with E-state index in [2.05, 4.69) is 206 Å². The minimum absolute atomic E-state index is 0.948. The highest BCUT2D eigenvalue weighted by atomic mass is 31.2. The van der Waals surface area contributed by atoms with E-state index in [0.29, 0.717) is 0 Å². The van der Waals surface area contributed by atoms with Crippen molar-refractivity contribution in [1.29, 1.82) is 0 Å². The van der Waals surface area contributed by atoms with E-state index in [1.807, 2.05) is 6.07 Å². The van der Waals surface area contributed by atoms with Crippen LogP contribution in [0.2, 0.25) is 0 Å². The summed E-state index contributed by atoms with van der Waals surface area (Å²) in [6.07, 6.45) is 0. The highest BCUT2D eigenvalue weighted by molar-refractivity contribution is 7.98. The van der Waals surface area contributed by atoms with Crippen LogP contribution in [0.3, 0.4) is 0 Å². The third-order valence-corrected chi connectivity index (χ3v) is 20.1. The number of rotatable bonds is 9. The van der Waals surface area contributed by atoms with Gasteiger partial charge >= 0.3 is 7.71 Å². The van der Waals surface area contributed by atoms with E-state index in [0.717, 1.165) is 37.1 Å². The first-order valence-corrected chi connectivity index (χ1v) is 21.2. The van der Waals surface area contributed by atoms with Crippen LogP contribution in [0.15, 0.2) is 221 Å². The lowest BCUT2D eigenvalue weighted by atomic mass is 10.4. The van der Waals surface area contributed by atoms with E-state index < -0.39 is 21.8 Å². The molecule has 48 heavy (non-hydrogen) atoms. The van der Waals surface area contributed by atoms with Gasteiger partial charge in [-0.25, -0.2) is 0 Å². The molecular formula is C42H37N3P3+. The Morgan fingerprint density at radius 3 is 0.688 bits per heavy atom. The van der Waals surface area contributed by atoms with E-state index in [9.17, 15) is 0 Å². The molecular weight excluding hydrogens is 639 g/mol. The Morgan fingerprint density at radius 2 is 0.479 bits per heavy atom. The Kier molecular flexibility index (Phi) is 9.49. The first-order chi connectivity index (χ1) is 23.7. The van der Waals surface area contributed by atoms with Gasteiger partial charge < -0.3 is 0 Å². The van der Waals surface area contributed by atoms with Crippen LogP contribution in [0, 0.1) is 0 Å². The van der Waals surface area contributed by atoms with Crippen molar-refractivity contribution < 1.29 is 0 Å². The van der Waals surface area contributed by atoms with Gasteiger partial charge in [0.05, 0.1) is 0 Å². The topological polar surface area (TPSA) is 50.7 Å². The van der Waals surface area contributed by atoms with Crippen molar-refractivity contribution in [3.05, 3.63) is 212 Å². The lowest BCUT2D eigenvalue weighted by Gasteiger charge is -2.30. The molecule has 0 bridgehead atoms. The fraction of sp³-hybridized carbons (Fsp3) is 0. The maximum absolute atomic E-state index is 8.05. The number of hydrogen-bond acceptors (Lipinski definition) is 3. The summed E-state index contributed by atoms with van der Waals surface area (Å²) in [4.78, 5) is 0. The van der Waals surface area contributed by atoms with E-state index in [4.69, 9.17) is 14.5 Å². The summed E-state index contributed by atoms with van der Waals surface area (Å²) in [5, 5.41) is 7.82. The molecule has 0 amide bonds. The molecule has 7 aromatic carbocycles. The average molecular weight is 677 g/mol. The molecule has 0 spiro atoms. The number of benzene rings is 7. The molecule has 0 aliphatic rings. The van der Waals surface area contributed by atoms with Crippen LogP contribution in [0.25, 0.3) is 0 Å². The quantitative estimate of drug-likeness (QED) is 0.154. The number of nitrogens with zero attached hydrogens (tertiary/aromatic N) is 2. The third-order valence-electron chi connectivity index (χ3n) is 8.46.